The van der Waals surface area contributed by atoms with Gasteiger partial charge in [0.25, 0.3) is 0 Å². The minimum absolute atomic E-state index is 0.533. The lowest BCUT2D eigenvalue weighted by Crippen LogP contribution is -2.38. The molecule has 0 aromatic heterocycles. The summed E-state index contributed by atoms with van der Waals surface area (Å²) in [5, 5.41) is 11.0. The number of rotatable bonds is 6. The van der Waals surface area contributed by atoms with Crippen molar-refractivity contribution in [1.82, 2.24) is 4.90 Å². The standard InChI is InChI=1S/C16H24ClNO3/c1-18(11-16(19)6-4-5-7-16)10-12-8-13(17)15(21-3)14(9-12)20-2/h8-9,19H,4-7,10-11H2,1-3H3. The molecular formula is C16H24ClNO3. The van der Waals surface area contributed by atoms with E-state index in [4.69, 9.17) is 21.1 Å². The Morgan fingerprint density at radius 1 is 1.24 bits per heavy atom. The average molecular weight is 314 g/mol. The number of ether oxygens (including phenoxy) is 2. The molecule has 1 aliphatic rings. The molecule has 0 aliphatic heterocycles. The predicted molar refractivity (Wildman–Crippen MR) is 84.3 cm³/mol. The first-order valence-electron chi connectivity index (χ1n) is 7.29. The van der Waals surface area contributed by atoms with Crippen molar-refractivity contribution in [2.75, 3.05) is 27.8 Å². The van der Waals surface area contributed by atoms with Gasteiger partial charge in [-0.3, -0.25) is 4.90 Å². The van der Waals surface area contributed by atoms with E-state index in [1.807, 2.05) is 19.2 Å². The van der Waals surface area contributed by atoms with Gasteiger partial charge in [0.05, 0.1) is 24.8 Å². The summed E-state index contributed by atoms with van der Waals surface area (Å²) in [5.41, 5.74) is 0.511. The zero-order valence-electron chi connectivity index (χ0n) is 13.0. The summed E-state index contributed by atoms with van der Waals surface area (Å²) in [6.45, 7) is 1.39. The van der Waals surface area contributed by atoms with E-state index in [1.54, 1.807) is 14.2 Å². The largest absolute Gasteiger partial charge is 0.493 e. The van der Waals surface area contributed by atoms with E-state index in [1.165, 1.54) is 0 Å². The van der Waals surface area contributed by atoms with Gasteiger partial charge in [-0.05, 0) is 37.6 Å². The van der Waals surface area contributed by atoms with Gasteiger partial charge in [0.1, 0.15) is 0 Å². The van der Waals surface area contributed by atoms with Crippen molar-refractivity contribution in [2.45, 2.75) is 37.8 Å². The molecule has 1 aliphatic carbocycles. The molecule has 0 amide bonds. The lowest BCUT2D eigenvalue weighted by atomic mass is 10.0. The van der Waals surface area contributed by atoms with Crippen molar-refractivity contribution in [3.05, 3.63) is 22.7 Å². The molecule has 0 saturated heterocycles. The number of halogens is 1. The molecule has 2 rings (SSSR count). The van der Waals surface area contributed by atoms with Crippen molar-refractivity contribution < 1.29 is 14.6 Å². The van der Waals surface area contributed by atoms with Crippen LogP contribution in [0.5, 0.6) is 11.5 Å². The van der Waals surface area contributed by atoms with Crippen LogP contribution >= 0.6 is 11.6 Å². The molecule has 21 heavy (non-hydrogen) atoms. The molecule has 0 unspecified atom stereocenters. The minimum Gasteiger partial charge on any atom is -0.493 e. The Labute approximate surface area is 131 Å². The second-order valence-electron chi connectivity index (χ2n) is 5.92. The number of methoxy groups -OCH3 is 2. The summed E-state index contributed by atoms with van der Waals surface area (Å²) < 4.78 is 10.6. The first kappa shape index (κ1) is 16.4. The van der Waals surface area contributed by atoms with Gasteiger partial charge in [-0.1, -0.05) is 24.4 Å². The molecule has 0 heterocycles. The van der Waals surface area contributed by atoms with Crippen LogP contribution in [-0.4, -0.2) is 43.4 Å². The fraction of sp³-hybridized carbons (Fsp3) is 0.625. The second kappa shape index (κ2) is 6.86. The highest BCUT2D eigenvalue weighted by Crippen LogP contribution is 2.36. The van der Waals surface area contributed by atoms with Crippen molar-refractivity contribution in [3.8, 4) is 11.5 Å². The van der Waals surface area contributed by atoms with Crippen LogP contribution in [0.25, 0.3) is 0 Å². The minimum atomic E-state index is -0.533. The van der Waals surface area contributed by atoms with Gasteiger partial charge < -0.3 is 14.6 Å². The topological polar surface area (TPSA) is 41.9 Å². The smallest absolute Gasteiger partial charge is 0.179 e. The Morgan fingerprint density at radius 3 is 2.48 bits per heavy atom. The number of nitrogens with zero attached hydrogens (tertiary/aromatic N) is 1. The Balaban J connectivity index is 2.06. The molecule has 0 spiro atoms. The Hall–Kier alpha value is -0.970. The molecule has 1 N–H and O–H groups in total. The molecule has 0 atom stereocenters. The van der Waals surface area contributed by atoms with Crippen LogP contribution in [0, 0.1) is 0 Å². The van der Waals surface area contributed by atoms with Gasteiger partial charge in [-0.2, -0.15) is 0 Å². The molecule has 0 radical (unpaired) electrons. The lowest BCUT2D eigenvalue weighted by Gasteiger charge is -2.28. The lowest BCUT2D eigenvalue weighted by molar-refractivity contribution is 0.0145. The average Bonchev–Trinajstić information content (AvgIpc) is 2.84. The highest BCUT2D eigenvalue weighted by Gasteiger charge is 2.32. The van der Waals surface area contributed by atoms with Gasteiger partial charge in [0.2, 0.25) is 0 Å². The van der Waals surface area contributed by atoms with E-state index in [0.29, 0.717) is 29.6 Å². The molecule has 118 valence electrons. The SMILES string of the molecule is COc1cc(CN(C)CC2(O)CCCC2)cc(Cl)c1OC. The van der Waals surface area contributed by atoms with E-state index < -0.39 is 5.60 Å². The van der Waals surface area contributed by atoms with E-state index >= 15 is 0 Å². The number of benzene rings is 1. The highest BCUT2D eigenvalue weighted by atomic mass is 35.5. The first-order valence-corrected chi connectivity index (χ1v) is 7.66. The Bertz CT molecular complexity index is 487. The second-order valence-corrected chi connectivity index (χ2v) is 6.32. The normalized spacial score (nSPS) is 17.2. The quantitative estimate of drug-likeness (QED) is 0.876. The van der Waals surface area contributed by atoms with Crippen LogP contribution in [0.2, 0.25) is 5.02 Å². The summed E-state index contributed by atoms with van der Waals surface area (Å²) in [6, 6.07) is 3.82. The fourth-order valence-corrected chi connectivity index (χ4v) is 3.43. The van der Waals surface area contributed by atoms with Crippen molar-refractivity contribution in [1.29, 1.82) is 0 Å². The number of hydrogen-bond acceptors (Lipinski definition) is 4. The maximum atomic E-state index is 10.5. The third-order valence-corrected chi connectivity index (χ3v) is 4.33. The molecule has 1 fully saturated rings. The van der Waals surface area contributed by atoms with E-state index in [9.17, 15) is 5.11 Å². The van der Waals surface area contributed by atoms with Crippen molar-refractivity contribution >= 4 is 11.6 Å². The summed E-state index contributed by atoms with van der Waals surface area (Å²) >= 11 is 6.22. The van der Waals surface area contributed by atoms with Crippen molar-refractivity contribution in [3.63, 3.8) is 0 Å². The van der Waals surface area contributed by atoms with Gasteiger partial charge in [0, 0.05) is 13.1 Å². The van der Waals surface area contributed by atoms with Crippen LogP contribution in [0.15, 0.2) is 12.1 Å². The maximum Gasteiger partial charge on any atom is 0.179 e. The van der Waals surface area contributed by atoms with E-state index in [-0.39, 0.29) is 0 Å². The van der Waals surface area contributed by atoms with Gasteiger partial charge >= 0.3 is 0 Å². The Kier molecular flexibility index (Phi) is 5.36. The number of likely N-dealkylation sites (N-methyl/N-ethyl adjacent to an activating group) is 1. The molecule has 1 saturated carbocycles. The van der Waals surface area contributed by atoms with Crippen LogP contribution in [0.1, 0.15) is 31.2 Å². The number of hydrogen-bond donors (Lipinski definition) is 1. The molecule has 4 nitrogen and oxygen atoms in total. The molecule has 5 heteroatoms. The molecule has 0 bridgehead atoms. The molecule has 1 aromatic rings. The maximum absolute atomic E-state index is 10.5. The third-order valence-electron chi connectivity index (χ3n) is 4.04. The van der Waals surface area contributed by atoms with E-state index in [0.717, 1.165) is 31.2 Å². The van der Waals surface area contributed by atoms with Crippen LogP contribution in [-0.2, 0) is 6.54 Å². The first-order chi connectivity index (χ1) is 9.97. The van der Waals surface area contributed by atoms with Gasteiger partial charge in [-0.25, -0.2) is 0 Å². The summed E-state index contributed by atoms with van der Waals surface area (Å²) in [7, 11) is 5.19. The zero-order chi connectivity index (χ0) is 15.5. The predicted octanol–water partition coefficient (Wildman–Crippen LogP) is 3.09. The van der Waals surface area contributed by atoms with Crippen LogP contribution in [0.3, 0.4) is 0 Å². The fourth-order valence-electron chi connectivity index (χ4n) is 3.12. The summed E-state index contributed by atoms with van der Waals surface area (Å²) in [6.07, 6.45) is 4.02. The molecule has 1 aromatic carbocycles. The highest BCUT2D eigenvalue weighted by molar-refractivity contribution is 6.32. The summed E-state index contributed by atoms with van der Waals surface area (Å²) in [5.74, 6) is 1.19. The van der Waals surface area contributed by atoms with E-state index in [2.05, 4.69) is 4.90 Å². The van der Waals surface area contributed by atoms with Gasteiger partial charge in [0.15, 0.2) is 11.5 Å². The molecular weight excluding hydrogens is 290 g/mol. The number of aliphatic hydroxyl groups is 1. The zero-order valence-corrected chi connectivity index (χ0v) is 13.7. The van der Waals surface area contributed by atoms with Crippen molar-refractivity contribution in [2.24, 2.45) is 0 Å². The third kappa shape index (κ3) is 4.02. The van der Waals surface area contributed by atoms with Crippen LogP contribution in [0.4, 0.5) is 0 Å². The summed E-state index contributed by atoms with van der Waals surface area (Å²) in [4.78, 5) is 2.13. The van der Waals surface area contributed by atoms with Crippen LogP contribution < -0.4 is 9.47 Å². The monoisotopic (exact) mass is 313 g/mol. The van der Waals surface area contributed by atoms with Gasteiger partial charge in [-0.15, -0.1) is 0 Å². The Morgan fingerprint density at radius 2 is 1.90 bits per heavy atom.